The second-order valence-corrected chi connectivity index (χ2v) is 9.19. The standard InChI is InChI=1S/C33H35NO4/c1-2-3-4-5-6-7-8-10-15-27-16-18-28(19-17-27)25-34(29-21-22-31(35)30(24-29)33(37)38)32(36)23-20-26-13-11-9-12-14-26/h9,11-14,16-24,35H,2-8,25H2,1H3,(H,37,38)/b23-20+. The molecule has 196 valence electrons. The second kappa shape index (κ2) is 15.1. The fourth-order valence-electron chi connectivity index (χ4n) is 4.02. The van der Waals surface area contributed by atoms with Crippen LogP contribution in [0.15, 0.2) is 78.9 Å². The van der Waals surface area contributed by atoms with Crippen LogP contribution in [0.3, 0.4) is 0 Å². The number of carbonyl (C=O) groups is 2. The van der Waals surface area contributed by atoms with Gasteiger partial charge in [0.2, 0.25) is 0 Å². The minimum absolute atomic E-state index is 0.229. The van der Waals surface area contributed by atoms with E-state index < -0.39 is 5.97 Å². The van der Waals surface area contributed by atoms with Gasteiger partial charge in [0.05, 0.1) is 6.54 Å². The summed E-state index contributed by atoms with van der Waals surface area (Å²) in [5, 5.41) is 19.4. The smallest absolute Gasteiger partial charge is 0.339 e. The number of aromatic hydroxyl groups is 1. The third-order valence-corrected chi connectivity index (χ3v) is 6.19. The molecule has 3 rings (SSSR count). The van der Waals surface area contributed by atoms with E-state index in [4.69, 9.17) is 0 Å². The number of anilines is 1. The van der Waals surface area contributed by atoms with Crippen molar-refractivity contribution < 1.29 is 19.8 Å². The fraction of sp³-hybridized carbons (Fsp3) is 0.273. The number of nitrogens with zero attached hydrogens (tertiary/aromatic N) is 1. The number of hydrogen-bond donors (Lipinski definition) is 2. The predicted molar refractivity (Wildman–Crippen MR) is 153 cm³/mol. The largest absolute Gasteiger partial charge is 0.507 e. The highest BCUT2D eigenvalue weighted by Gasteiger charge is 2.18. The third-order valence-electron chi connectivity index (χ3n) is 6.19. The molecule has 0 saturated heterocycles. The van der Waals surface area contributed by atoms with Gasteiger partial charge in [-0.05, 0) is 54.0 Å². The molecule has 5 heteroatoms. The molecule has 1 amide bonds. The zero-order chi connectivity index (χ0) is 27.2. The highest BCUT2D eigenvalue weighted by Crippen LogP contribution is 2.26. The highest BCUT2D eigenvalue weighted by atomic mass is 16.4. The number of rotatable bonds is 12. The first kappa shape index (κ1) is 28.3. The molecule has 5 nitrogen and oxygen atoms in total. The van der Waals surface area contributed by atoms with Crippen molar-refractivity contribution in [2.75, 3.05) is 4.90 Å². The maximum atomic E-state index is 13.2. The van der Waals surface area contributed by atoms with Gasteiger partial charge in [0, 0.05) is 23.7 Å². The fourth-order valence-corrected chi connectivity index (χ4v) is 4.02. The van der Waals surface area contributed by atoms with E-state index in [9.17, 15) is 19.8 Å². The summed E-state index contributed by atoms with van der Waals surface area (Å²) in [5.41, 5.74) is 2.79. The van der Waals surface area contributed by atoms with Crippen molar-refractivity contribution in [2.45, 2.75) is 58.4 Å². The summed E-state index contributed by atoms with van der Waals surface area (Å²) < 4.78 is 0. The number of carbonyl (C=O) groups excluding carboxylic acids is 1. The molecule has 0 fully saturated rings. The summed E-state index contributed by atoms with van der Waals surface area (Å²) >= 11 is 0. The quantitative estimate of drug-likeness (QED) is 0.151. The molecular weight excluding hydrogens is 474 g/mol. The van der Waals surface area contributed by atoms with Gasteiger partial charge in [-0.25, -0.2) is 4.79 Å². The van der Waals surface area contributed by atoms with E-state index in [-0.39, 0.29) is 23.8 Å². The van der Waals surface area contributed by atoms with Crippen LogP contribution in [0, 0.1) is 11.8 Å². The lowest BCUT2D eigenvalue weighted by Gasteiger charge is -2.22. The minimum Gasteiger partial charge on any atom is -0.507 e. The Labute approximate surface area is 225 Å². The van der Waals surface area contributed by atoms with Gasteiger partial charge in [0.15, 0.2) is 0 Å². The molecule has 0 atom stereocenters. The summed E-state index contributed by atoms with van der Waals surface area (Å²) in [6, 6.07) is 21.3. The molecular formula is C33H35NO4. The van der Waals surface area contributed by atoms with Crippen molar-refractivity contribution in [1.82, 2.24) is 0 Å². The first-order valence-electron chi connectivity index (χ1n) is 13.2. The molecule has 3 aromatic carbocycles. The lowest BCUT2D eigenvalue weighted by Crippen LogP contribution is -2.29. The van der Waals surface area contributed by atoms with Gasteiger partial charge in [-0.3, -0.25) is 4.79 Å². The van der Waals surface area contributed by atoms with Crippen LogP contribution in [-0.4, -0.2) is 22.1 Å². The topological polar surface area (TPSA) is 77.8 Å². The zero-order valence-corrected chi connectivity index (χ0v) is 21.9. The van der Waals surface area contributed by atoms with E-state index in [1.54, 1.807) is 6.08 Å². The molecule has 3 aromatic rings. The zero-order valence-electron chi connectivity index (χ0n) is 21.9. The van der Waals surface area contributed by atoms with Crippen molar-refractivity contribution in [3.8, 4) is 17.6 Å². The van der Waals surface area contributed by atoms with Gasteiger partial charge in [0.1, 0.15) is 11.3 Å². The summed E-state index contributed by atoms with van der Waals surface area (Å²) in [5.74, 6) is 4.54. The normalized spacial score (nSPS) is 10.7. The average Bonchev–Trinajstić information content (AvgIpc) is 2.93. The van der Waals surface area contributed by atoms with Crippen LogP contribution in [-0.2, 0) is 11.3 Å². The van der Waals surface area contributed by atoms with Crippen molar-refractivity contribution in [1.29, 1.82) is 0 Å². The SMILES string of the molecule is CCCCCCCCC#Cc1ccc(CN(C(=O)/C=C/c2ccccc2)c2ccc(O)c(C(=O)O)c2)cc1. The Morgan fingerprint density at radius 1 is 0.895 bits per heavy atom. The average molecular weight is 510 g/mol. The lowest BCUT2D eigenvalue weighted by atomic mass is 10.1. The van der Waals surface area contributed by atoms with Crippen LogP contribution in [0.1, 0.15) is 78.9 Å². The number of amides is 1. The monoisotopic (exact) mass is 509 g/mol. The Morgan fingerprint density at radius 3 is 2.32 bits per heavy atom. The number of unbranched alkanes of at least 4 members (excludes halogenated alkanes) is 6. The third kappa shape index (κ3) is 8.97. The highest BCUT2D eigenvalue weighted by molar-refractivity contribution is 6.04. The summed E-state index contributed by atoms with van der Waals surface area (Å²) in [4.78, 5) is 26.3. The van der Waals surface area contributed by atoms with Gasteiger partial charge < -0.3 is 15.1 Å². The van der Waals surface area contributed by atoms with Gasteiger partial charge >= 0.3 is 5.97 Å². The first-order valence-corrected chi connectivity index (χ1v) is 13.2. The molecule has 0 radical (unpaired) electrons. The van der Waals surface area contributed by atoms with Crippen molar-refractivity contribution >= 4 is 23.6 Å². The molecule has 0 saturated carbocycles. The minimum atomic E-state index is -1.26. The van der Waals surface area contributed by atoms with E-state index in [2.05, 4.69) is 18.8 Å². The van der Waals surface area contributed by atoms with Gasteiger partial charge in [-0.15, -0.1) is 0 Å². The maximum absolute atomic E-state index is 13.2. The van der Waals surface area contributed by atoms with Gasteiger partial charge in [-0.1, -0.05) is 93.3 Å². The van der Waals surface area contributed by atoms with Crippen LogP contribution in [0.5, 0.6) is 5.75 Å². The molecule has 0 aliphatic carbocycles. The molecule has 2 N–H and O–H groups in total. The Bertz CT molecular complexity index is 1280. The van der Waals surface area contributed by atoms with E-state index in [0.29, 0.717) is 5.69 Å². The van der Waals surface area contributed by atoms with Gasteiger partial charge in [-0.2, -0.15) is 0 Å². The van der Waals surface area contributed by atoms with Crippen molar-refractivity contribution in [3.05, 3.63) is 101 Å². The molecule has 0 heterocycles. The van der Waals surface area contributed by atoms with Crippen molar-refractivity contribution in [3.63, 3.8) is 0 Å². The molecule has 0 aliphatic heterocycles. The molecule has 0 aromatic heterocycles. The predicted octanol–water partition coefficient (Wildman–Crippen LogP) is 7.44. The Kier molecular flexibility index (Phi) is 11.2. The lowest BCUT2D eigenvalue weighted by molar-refractivity contribution is -0.114. The number of carboxylic acid groups (broad SMARTS) is 1. The Balaban J connectivity index is 1.73. The van der Waals surface area contributed by atoms with Crippen LogP contribution >= 0.6 is 0 Å². The van der Waals surface area contributed by atoms with Crippen LogP contribution < -0.4 is 4.90 Å². The summed E-state index contributed by atoms with van der Waals surface area (Å²) in [7, 11) is 0. The van der Waals surface area contributed by atoms with Crippen LogP contribution in [0.4, 0.5) is 5.69 Å². The number of carboxylic acids is 1. The first-order chi connectivity index (χ1) is 18.5. The summed E-state index contributed by atoms with van der Waals surface area (Å²) in [6.45, 7) is 2.45. The Morgan fingerprint density at radius 2 is 1.61 bits per heavy atom. The van der Waals surface area contributed by atoms with Crippen LogP contribution in [0.2, 0.25) is 0 Å². The molecule has 0 unspecified atom stereocenters. The van der Waals surface area contributed by atoms with E-state index in [1.807, 2.05) is 54.6 Å². The van der Waals surface area contributed by atoms with E-state index >= 15 is 0 Å². The van der Waals surface area contributed by atoms with Crippen molar-refractivity contribution in [2.24, 2.45) is 0 Å². The van der Waals surface area contributed by atoms with E-state index in [0.717, 1.165) is 29.5 Å². The van der Waals surface area contributed by atoms with Gasteiger partial charge in [0.25, 0.3) is 5.91 Å². The number of hydrogen-bond acceptors (Lipinski definition) is 3. The van der Waals surface area contributed by atoms with E-state index in [1.165, 1.54) is 61.3 Å². The summed E-state index contributed by atoms with van der Waals surface area (Å²) in [6.07, 6.45) is 11.5. The molecule has 38 heavy (non-hydrogen) atoms. The van der Waals surface area contributed by atoms with Crippen LogP contribution in [0.25, 0.3) is 6.08 Å². The Hall–Kier alpha value is -4.30. The number of phenols is 1. The second-order valence-electron chi connectivity index (χ2n) is 9.19. The molecule has 0 bridgehead atoms. The number of benzene rings is 3. The maximum Gasteiger partial charge on any atom is 0.339 e. The molecule has 0 spiro atoms. The number of aromatic carboxylic acids is 1. The molecule has 0 aliphatic rings.